The summed E-state index contributed by atoms with van der Waals surface area (Å²) in [6.07, 6.45) is 1.47. The monoisotopic (exact) mass is 318 g/mol. The van der Waals surface area contributed by atoms with Crippen LogP contribution in [0.5, 0.6) is 5.75 Å². The number of sulfonamides is 1. The Morgan fingerprint density at radius 3 is 2.50 bits per heavy atom. The molecule has 2 aromatic rings. The number of hydrogen-bond acceptors (Lipinski definition) is 4. The van der Waals surface area contributed by atoms with Crippen molar-refractivity contribution in [3.05, 3.63) is 59.2 Å². The van der Waals surface area contributed by atoms with Gasteiger partial charge in [0.2, 0.25) is 0 Å². The molecule has 0 amide bonds. The van der Waals surface area contributed by atoms with Crippen LogP contribution < -0.4 is 9.57 Å². The standard InChI is InChI=1S/C16H18N2O3S/c1-12-5-4-6-14(9-12)11-17-18-22(19,20)16-10-13(2)7-8-15(16)21-3/h4-11,18H,1-3H3/b17-11+. The van der Waals surface area contributed by atoms with Crippen LogP contribution in [0.25, 0.3) is 0 Å². The van der Waals surface area contributed by atoms with E-state index in [4.69, 9.17) is 4.74 Å². The average Bonchev–Trinajstić information content (AvgIpc) is 2.47. The predicted octanol–water partition coefficient (Wildman–Crippen LogP) is 2.62. The van der Waals surface area contributed by atoms with Gasteiger partial charge in [-0.3, -0.25) is 0 Å². The zero-order valence-corrected chi connectivity index (χ0v) is 13.5. The summed E-state index contributed by atoms with van der Waals surface area (Å²) in [6.45, 7) is 3.77. The molecule has 0 atom stereocenters. The van der Waals surface area contributed by atoms with Crippen molar-refractivity contribution in [2.24, 2.45) is 5.10 Å². The lowest BCUT2D eigenvalue weighted by molar-refractivity contribution is 0.402. The van der Waals surface area contributed by atoms with Crippen LogP contribution in [0.2, 0.25) is 0 Å². The van der Waals surface area contributed by atoms with Crippen LogP contribution in [-0.4, -0.2) is 21.7 Å². The number of aryl methyl sites for hydroxylation is 2. The summed E-state index contributed by atoms with van der Waals surface area (Å²) in [5.41, 5.74) is 2.72. The van der Waals surface area contributed by atoms with Crippen LogP contribution >= 0.6 is 0 Å². The molecule has 0 fully saturated rings. The first-order valence-corrected chi connectivity index (χ1v) is 8.17. The van der Waals surface area contributed by atoms with Crippen molar-refractivity contribution < 1.29 is 13.2 Å². The number of hydrazone groups is 1. The molecule has 0 saturated carbocycles. The van der Waals surface area contributed by atoms with Crippen molar-refractivity contribution in [2.75, 3.05) is 7.11 Å². The summed E-state index contributed by atoms with van der Waals surface area (Å²) >= 11 is 0. The quantitative estimate of drug-likeness (QED) is 0.680. The van der Waals surface area contributed by atoms with E-state index in [1.165, 1.54) is 13.3 Å². The number of rotatable bonds is 5. The number of benzene rings is 2. The maximum Gasteiger partial charge on any atom is 0.280 e. The van der Waals surface area contributed by atoms with Crippen molar-refractivity contribution in [2.45, 2.75) is 18.7 Å². The average molecular weight is 318 g/mol. The highest BCUT2D eigenvalue weighted by Gasteiger charge is 2.18. The molecule has 0 unspecified atom stereocenters. The molecule has 6 heteroatoms. The minimum absolute atomic E-state index is 0.0661. The number of methoxy groups -OCH3 is 1. The fraction of sp³-hybridized carbons (Fsp3) is 0.188. The van der Waals surface area contributed by atoms with E-state index < -0.39 is 10.0 Å². The van der Waals surface area contributed by atoms with E-state index in [-0.39, 0.29) is 10.6 Å². The van der Waals surface area contributed by atoms with E-state index >= 15 is 0 Å². The van der Waals surface area contributed by atoms with E-state index in [1.807, 2.05) is 38.1 Å². The van der Waals surface area contributed by atoms with Gasteiger partial charge in [0.25, 0.3) is 10.0 Å². The molecule has 0 aromatic heterocycles. The number of nitrogens with one attached hydrogen (secondary N) is 1. The molecule has 0 heterocycles. The minimum atomic E-state index is -3.78. The van der Waals surface area contributed by atoms with Crippen LogP contribution in [0.4, 0.5) is 0 Å². The van der Waals surface area contributed by atoms with Crippen molar-refractivity contribution in [3.8, 4) is 5.75 Å². The fourth-order valence-corrected chi connectivity index (χ4v) is 3.01. The highest BCUT2D eigenvalue weighted by molar-refractivity contribution is 7.89. The Morgan fingerprint density at radius 2 is 1.82 bits per heavy atom. The Kier molecular flexibility index (Phi) is 4.82. The molecule has 2 aromatic carbocycles. The van der Waals surface area contributed by atoms with Gasteiger partial charge < -0.3 is 4.74 Å². The molecule has 22 heavy (non-hydrogen) atoms. The molecule has 0 radical (unpaired) electrons. The molecular weight excluding hydrogens is 300 g/mol. The molecular formula is C16H18N2O3S. The molecule has 1 N–H and O–H groups in total. The summed E-state index contributed by atoms with van der Waals surface area (Å²) in [4.78, 5) is 2.27. The molecule has 5 nitrogen and oxygen atoms in total. The second-order valence-corrected chi connectivity index (χ2v) is 6.55. The lowest BCUT2D eigenvalue weighted by atomic mass is 10.2. The van der Waals surface area contributed by atoms with Gasteiger partial charge in [-0.05, 0) is 37.1 Å². The van der Waals surface area contributed by atoms with Crippen LogP contribution in [0.1, 0.15) is 16.7 Å². The molecule has 0 aliphatic carbocycles. The molecule has 0 saturated heterocycles. The summed E-state index contributed by atoms with van der Waals surface area (Å²) in [6, 6.07) is 12.5. The van der Waals surface area contributed by atoms with Gasteiger partial charge in [-0.2, -0.15) is 18.4 Å². The lowest BCUT2D eigenvalue weighted by Gasteiger charge is -2.09. The van der Waals surface area contributed by atoms with Crippen molar-refractivity contribution >= 4 is 16.2 Å². The molecule has 0 bridgehead atoms. The van der Waals surface area contributed by atoms with Gasteiger partial charge in [0.1, 0.15) is 10.6 Å². The number of hydrogen-bond donors (Lipinski definition) is 1. The van der Waals surface area contributed by atoms with Crippen LogP contribution in [-0.2, 0) is 10.0 Å². The Balaban J connectivity index is 2.23. The summed E-state index contributed by atoms with van der Waals surface area (Å²) in [5, 5.41) is 3.82. The number of nitrogens with zero attached hydrogens (tertiary/aromatic N) is 1. The van der Waals surface area contributed by atoms with Crippen molar-refractivity contribution in [1.29, 1.82) is 0 Å². The first-order chi connectivity index (χ1) is 10.4. The van der Waals surface area contributed by atoms with E-state index in [0.717, 1.165) is 16.7 Å². The SMILES string of the molecule is COc1ccc(C)cc1S(=O)(=O)N/N=C/c1cccc(C)c1. The summed E-state index contributed by atoms with van der Waals surface area (Å²) in [7, 11) is -2.35. The van der Waals surface area contributed by atoms with E-state index in [2.05, 4.69) is 9.93 Å². The van der Waals surface area contributed by atoms with Gasteiger partial charge in [-0.15, -0.1) is 0 Å². The Labute approximate surface area is 130 Å². The zero-order chi connectivity index (χ0) is 16.2. The summed E-state index contributed by atoms with van der Waals surface area (Å²) in [5.74, 6) is 0.281. The maximum atomic E-state index is 12.3. The van der Waals surface area contributed by atoms with Gasteiger partial charge in [-0.25, -0.2) is 0 Å². The minimum Gasteiger partial charge on any atom is -0.495 e. The van der Waals surface area contributed by atoms with E-state index in [0.29, 0.717) is 0 Å². The smallest absolute Gasteiger partial charge is 0.280 e. The Bertz CT molecular complexity index is 799. The summed E-state index contributed by atoms with van der Waals surface area (Å²) < 4.78 is 29.7. The molecule has 116 valence electrons. The van der Waals surface area contributed by atoms with Gasteiger partial charge in [0.15, 0.2) is 0 Å². The van der Waals surface area contributed by atoms with Crippen molar-refractivity contribution in [3.63, 3.8) is 0 Å². The normalized spacial score (nSPS) is 11.6. The molecule has 0 aliphatic rings. The Morgan fingerprint density at radius 1 is 1.09 bits per heavy atom. The van der Waals surface area contributed by atoms with E-state index in [9.17, 15) is 8.42 Å². The lowest BCUT2D eigenvalue weighted by Crippen LogP contribution is -2.19. The number of ether oxygens (including phenoxy) is 1. The first kappa shape index (κ1) is 16.0. The van der Waals surface area contributed by atoms with Crippen molar-refractivity contribution in [1.82, 2.24) is 4.83 Å². The van der Waals surface area contributed by atoms with Gasteiger partial charge in [0.05, 0.1) is 13.3 Å². The highest BCUT2D eigenvalue weighted by atomic mass is 32.2. The topological polar surface area (TPSA) is 67.8 Å². The second kappa shape index (κ2) is 6.62. The van der Waals surface area contributed by atoms with Gasteiger partial charge in [0, 0.05) is 0 Å². The van der Waals surface area contributed by atoms with Crippen LogP contribution in [0, 0.1) is 13.8 Å². The third-order valence-corrected chi connectivity index (χ3v) is 4.28. The maximum absolute atomic E-state index is 12.3. The molecule has 2 rings (SSSR count). The molecule has 0 aliphatic heterocycles. The largest absolute Gasteiger partial charge is 0.495 e. The highest BCUT2D eigenvalue weighted by Crippen LogP contribution is 2.24. The fourth-order valence-electron chi connectivity index (χ4n) is 1.96. The Hall–Kier alpha value is -2.34. The predicted molar refractivity (Wildman–Crippen MR) is 86.8 cm³/mol. The molecule has 0 spiro atoms. The van der Waals surface area contributed by atoms with Gasteiger partial charge in [-0.1, -0.05) is 35.9 Å². The first-order valence-electron chi connectivity index (χ1n) is 6.68. The second-order valence-electron chi connectivity index (χ2n) is 4.92. The van der Waals surface area contributed by atoms with Crippen LogP contribution in [0.3, 0.4) is 0 Å². The van der Waals surface area contributed by atoms with Crippen LogP contribution in [0.15, 0.2) is 52.5 Å². The third kappa shape index (κ3) is 3.85. The third-order valence-electron chi connectivity index (χ3n) is 3.04. The van der Waals surface area contributed by atoms with E-state index in [1.54, 1.807) is 18.2 Å². The zero-order valence-electron chi connectivity index (χ0n) is 12.7. The van der Waals surface area contributed by atoms with Gasteiger partial charge >= 0.3 is 0 Å².